The number of nitrogen functional groups attached to an aromatic ring is 1. The Morgan fingerprint density at radius 1 is 1.10 bits per heavy atom. The van der Waals surface area contributed by atoms with Gasteiger partial charge in [-0.3, -0.25) is 0 Å². The minimum absolute atomic E-state index is 0.0967. The lowest BCUT2D eigenvalue weighted by Gasteiger charge is -2.49. The number of morpholine rings is 1. The molecule has 5 heteroatoms. The molecule has 1 aromatic heterocycles. The molecule has 4 rings (SSSR count). The van der Waals surface area contributed by atoms with Gasteiger partial charge in [0, 0.05) is 18.7 Å². The molecule has 108 valence electrons. The van der Waals surface area contributed by atoms with Gasteiger partial charge in [-0.15, -0.1) is 0 Å². The molecule has 2 heterocycles. The summed E-state index contributed by atoms with van der Waals surface area (Å²) in [5.41, 5.74) is 8.53. The maximum atomic E-state index is 6.01. The number of hydrogen-bond donors (Lipinski definition) is 1. The lowest BCUT2D eigenvalue weighted by Crippen LogP contribution is -2.56. The standard InChI is InChI=1S/C15H22N4O/c16-14-17-12-5-2-1-4-11(12)13(18-14)19-8-9-20-15(10-19)6-3-7-15/h1-10H2,(H2,16,17,18). The molecule has 0 atom stereocenters. The predicted molar refractivity (Wildman–Crippen MR) is 77.8 cm³/mol. The fraction of sp³-hybridized carbons (Fsp3) is 0.733. The van der Waals surface area contributed by atoms with Crippen LogP contribution in [0.2, 0.25) is 0 Å². The Morgan fingerprint density at radius 2 is 1.95 bits per heavy atom. The molecule has 3 aliphatic rings. The van der Waals surface area contributed by atoms with Crippen LogP contribution in [0.4, 0.5) is 11.8 Å². The Labute approximate surface area is 119 Å². The smallest absolute Gasteiger partial charge is 0.222 e. The minimum Gasteiger partial charge on any atom is -0.371 e. The number of anilines is 2. The molecule has 0 amide bonds. The largest absolute Gasteiger partial charge is 0.371 e. The van der Waals surface area contributed by atoms with Crippen LogP contribution in [0.1, 0.15) is 43.4 Å². The number of rotatable bonds is 1. The second kappa shape index (κ2) is 4.58. The Morgan fingerprint density at radius 3 is 2.75 bits per heavy atom. The van der Waals surface area contributed by atoms with Crippen LogP contribution in [-0.2, 0) is 17.6 Å². The fourth-order valence-electron chi connectivity index (χ4n) is 3.75. The van der Waals surface area contributed by atoms with Crippen LogP contribution in [0, 0.1) is 0 Å². The van der Waals surface area contributed by atoms with Gasteiger partial charge in [-0.2, -0.15) is 4.98 Å². The molecule has 1 spiro atoms. The van der Waals surface area contributed by atoms with E-state index >= 15 is 0 Å². The van der Waals surface area contributed by atoms with E-state index in [0.29, 0.717) is 5.95 Å². The van der Waals surface area contributed by atoms with E-state index in [-0.39, 0.29) is 5.60 Å². The Balaban J connectivity index is 1.68. The molecule has 0 bridgehead atoms. The predicted octanol–water partition coefficient (Wildman–Crippen LogP) is 1.70. The van der Waals surface area contributed by atoms with Crippen molar-refractivity contribution in [2.45, 2.75) is 50.5 Å². The van der Waals surface area contributed by atoms with Crippen molar-refractivity contribution in [3.63, 3.8) is 0 Å². The average Bonchev–Trinajstić information content (AvgIpc) is 2.45. The highest BCUT2D eigenvalue weighted by molar-refractivity contribution is 5.53. The van der Waals surface area contributed by atoms with Crippen molar-refractivity contribution in [2.24, 2.45) is 0 Å². The highest BCUT2D eigenvalue weighted by Gasteiger charge is 2.43. The van der Waals surface area contributed by atoms with Crippen LogP contribution in [0.5, 0.6) is 0 Å². The van der Waals surface area contributed by atoms with Crippen LogP contribution in [-0.4, -0.2) is 35.3 Å². The molecule has 0 unspecified atom stereocenters. The summed E-state index contributed by atoms with van der Waals surface area (Å²) in [5.74, 6) is 1.51. The molecule has 1 aromatic rings. The van der Waals surface area contributed by atoms with Crippen molar-refractivity contribution < 1.29 is 4.74 Å². The van der Waals surface area contributed by atoms with Gasteiger partial charge in [0.25, 0.3) is 0 Å². The first-order chi connectivity index (χ1) is 9.76. The molecule has 1 saturated carbocycles. The first kappa shape index (κ1) is 12.4. The zero-order valence-electron chi connectivity index (χ0n) is 11.9. The SMILES string of the molecule is Nc1nc2c(c(N3CCOC4(CCC4)C3)n1)CCCC2. The third kappa shape index (κ3) is 1.95. The van der Waals surface area contributed by atoms with E-state index in [9.17, 15) is 0 Å². The lowest BCUT2D eigenvalue weighted by molar-refractivity contribution is -0.106. The van der Waals surface area contributed by atoms with E-state index in [4.69, 9.17) is 10.5 Å². The van der Waals surface area contributed by atoms with E-state index < -0.39 is 0 Å². The first-order valence-electron chi connectivity index (χ1n) is 7.80. The zero-order valence-corrected chi connectivity index (χ0v) is 11.9. The molecule has 2 fully saturated rings. The van der Waals surface area contributed by atoms with Gasteiger partial charge in [0.1, 0.15) is 5.82 Å². The molecule has 0 radical (unpaired) electrons. The van der Waals surface area contributed by atoms with Crippen LogP contribution < -0.4 is 10.6 Å². The molecule has 5 nitrogen and oxygen atoms in total. The maximum Gasteiger partial charge on any atom is 0.222 e. The Bertz CT molecular complexity index is 527. The molecular weight excluding hydrogens is 252 g/mol. The van der Waals surface area contributed by atoms with Crippen molar-refractivity contribution in [1.29, 1.82) is 0 Å². The number of aryl methyl sites for hydroxylation is 1. The number of hydrogen-bond acceptors (Lipinski definition) is 5. The first-order valence-corrected chi connectivity index (χ1v) is 7.80. The zero-order chi connectivity index (χ0) is 13.6. The van der Waals surface area contributed by atoms with Crippen molar-refractivity contribution in [3.05, 3.63) is 11.3 Å². The normalized spacial score (nSPS) is 24.3. The number of nitrogens with zero attached hydrogens (tertiary/aromatic N) is 3. The van der Waals surface area contributed by atoms with Gasteiger partial charge in [-0.25, -0.2) is 4.98 Å². The Hall–Kier alpha value is -1.36. The highest BCUT2D eigenvalue weighted by atomic mass is 16.5. The van der Waals surface area contributed by atoms with E-state index in [1.54, 1.807) is 0 Å². The molecule has 1 saturated heterocycles. The molecule has 0 aromatic carbocycles. The van der Waals surface area contributed by atoms with Gasteiger partial charge < -0.3 is 15.4 Å². The summed E-state index contributed by atoms with van der Waals surface area (Å²) in [4.78, 5) is 11.4. The Kier molecular flexibility index (Phi) is 2.84. The van der Waals surface area contributed by atoms with Gasteiger partial charge in [-0.1, -0.05) is 0 Å². The van der Waals surface area contributed by atoms with Crippen LogP contribution in [0.25, 0.3) is 0 Å². The van der Waals surface area contributed by atoms with E-state index in [2.05, 4.69) is 14.9 Å². The van der Waals surface area contributed by atoms with Crippen molar-refractivity contribution in [2.75, 3.05) is 30.3 Å². The minimum atomic E-state index is 0.0967. The second-order valence-electron chi connectivity index (χ2n) is 6.34. The van der Waals surface area contributed by atoms with Gasteiger partial charge in [-0.05, 0) is 44.9 Å². The van der Waals surface area contributed by atoms with Crippen LogP contribution in [0.3, 0.4) is 0 Å². The van der Waals surface area contributed by atoms with E-state index in [1.807, 2.05) is 0 Å². The third-order valence-electron chi connectivity index (χ3n) is 4.99. The van der Waals surface area contributed by atoms with Crippen molar-refractivity contribution >= 4 is 11.8 Å². The number of fused-ring (bicyclic) bond motifs is 1. The van der Waals surface area contributed by atoms with E-state index in [1.165, 1.54) is 43.4 Å². The average molecular weight is 274 g/mol. The van der Waals surface area contributed by atoms with Gasteiger partial charge in [0.05, 0.1) is 17.9 Å². The number of ether oxygens (including phenoxy) is 1. The van der Waals surface area contributed by atoms with Gasteiger partial charge in [0.15, 0.2) is 0 Å². The third-order valence-corrected chi connectivity index (χ3v) is 4.99. The monoisotopic (exact) mass is 274 g/mol. The number of aromatic nitrogens is 2. The number of nitrogens with two attached hydrogens (primary N) is 1. The topological polar surface area (TPSA) is 64.3 Å². The molecule has 2 aliphatic carbocycles. The molecule has 20 heavy (non-hydrogen) atoms. The summed E-state index contributed by atoms with van der Waals surface area (Å²) in [6.07, 6.45) is 8.26. The lowest BCUT2D eigenvalue weighted by atomic mass is 9.78. The van der Waals surface area contributed by atoms with Crippen molar-refractivity contribution in [1.82, 2.24) is 9.97 Å². The summed E-state index contributed by atoms with van der Waals surface area (Å²) < 4.78 is 6.01. The summed E-state index contributed by atoms with van der Waals surface area (Å²) >= 11 is 0. The second-order valence-corrected chi connectivity index (χ2v) is 6.34. The maximum absolute atomic E-state index is 6.01. The molecule has 1 aliphatic heterocycles. The summed E-state index contributed by atoms with van der Waals surface area (Å²) in [7, 11) is 0. The summed E-state index contributed by atoms with van der Waals surface area (Å²) in [5, 5.41) is 0. The van der Waals surface area contributed by atoms with Crippen molar-refractivity contribution in [3.8, 4) is 0 Å². The summed E-state index contributed by atoms with van der Waals surface area (Å²) in [6.45, 7) is 2.69. The van der Waals surface area contributed by atoms with Crippen LogP contribution in [0.15, 0.2) is 0 Å². The van der Waals surface area contributed by atoms with E-state index in [0.717, 1.165) is 38.4 Å². The molecular formula is C15H22N4O. The van der Waals surface area contributed by atoms with Gasteiger partial charge >= 0.3 is 0 Å². The van der Waals surface area contributed by atoms with Crippen LogP contribution >= 0.6 is 0 Å². The fourth-order valence-corrected chi connectivity index (χ4v) is 3.75. The highest BCUT2D eigenvalue weighted by Crippen LogP contribution is 2.40. The molecule has 2 N–H and O–H groups in total. The summed E-state index contributed by atoms with van der Waals surface area (Å²) in [6, 6.07) is 0. The van der Waals surface area contributed by atoms with Gasteiger partial charge in [0.2, 0.25) is 5.95 Å². The quantitative estimate of drug-likeness (QED) is 0.844.